The number of nitrogens with zero attached hydrogens (tertiary/aromatic N) is 2. The molecule has 1 aromatic carbocycles. The van der Waals surface area contributed by atoms with Crippen LogP contribution in [0.1, 0.15) is 25.3 Å². The number of halogens is 1. The van der Waals surface area contributed by atoms with Crippen molar-refractivity contribution in [3.05, 3.63) is 53.8 Å². The van der Waals surface area contributed by atoms with E-state index in [9.17, 15) is 13.2 Å². The number of likely N-dealkylation sites (tertiary alicyclic amines) is 1. The van der Waals surface area contributed by atoms with E-state index in [1.54, 1.807) is 12.1 Å². The molecule has 1 saturated heterocycles. The molecule has 0 aliphatic carbocycles. The van der Waals surface area contributed by atoms with Gasteiger partial charge in [0.05, 0.1) is 4.90 Å². The highest BCUT2D eigenvalue weighted by atomic mass is 35.5. The van der Waals surface area contributed by atoms with E-state index >= 15 is 0 Å². The van der Waals surface area contributed by atoms with Crippen LogP contribution in [-0.4, -0.2) is 43.4 Å². The molecule has 140 valence electrons. The molecular formula is C18H22ClN3O3S. The summed E-state index contributed by atoms with van der Waals surface area (Å²) in [7, 11) is -3.66. The van der Waals surface area contributed by atoms with Gasteiger partial charge in [0.15, 0.2) is 0 Å². The number of aromatic nitrogens is 1. The van der Waals surface area contributed by atoms with Crippen molar-refractivity contribution in [2.24, 2.45) is 0 Å². The number of sulfonamides is 1. The van der Waals surface area contributed by atoms with Gasteiger partial charge in [0.1, 0.15) is 0 Å². The lowest BCUT2D eigenvalue weighted by Crippen LogP contribution is -2.40. The Morgan fingerprint density at radius 1 is 1.15 bits per heavy atom. The summed E-state index contributed by atoms with van der Waals surface area (Å²) in [5, 5.41) is 0.356. The maximum atomic E-state index is 12.3. The quantitative estimate of drug-likeness (QED) is 0.817. The highest BCUT2D eigenvalue weighted by Crippen LogP contribution is 2.22. The second-order valence-electron chi connectivity index (χ2n) is 6.35. The second-order valence-corrected chi connectivity index (χ2v) is 8.55. The van der Waals surface area contributed by atoms with Gasteiger partial charge in [0, 0.05) is 49.5 Å². The van der Waals surface area contributed by atoms with Crippen LogP contribution in [0.5, 0.6) is 0 Å². The molecule has 1 N–H and O–H groups in total. The van der Waals surface area contributed by atoms with E-state index in [-0.39, 0.29) is 23.8 Å². The zero-order valence-corrected chi connectivity index (χ0v) is 15.9. The Morgan fingerprint density at radius 3 is 2.50 bits per heavy atom. The van der Waals surface area contributed by atoms with Crippen molar-refractivity contribution in [1.82, 2.24) is 14.2 Å². The summed E-state index contributed by atoms with van der Waals surface area (Å²) in [6, 6.07) is 10.5. The zero-order chi connectivity index (χ0) is 18.6. The van der Waals surface area contributed by atoms with E-state index in [2.05, 4.69) is 9.29 Å². The maximum absolute atomic E-state index is 12.3. The van der Waals surface area contributed by atoms with Gasteiger partial charge in [-0.05, 0) is 43.2 Å². The van der Waals surface area contributed by atoms with Crippen molar-refractivity contribution < 1.29 is 13.2 Å². The van der Waals surface area contributed by atoms with Gasteiger partial charge in [-0.2, -0.15) is 0 Å². The average molecular weight is 396 g/mol. The number of carbonyl (C=O) groups is 1. The van der Waals surface area contributed by atoms with Gasteiger partial charge in [0.2, 0.25) is 15.9 Å². The normalized spacial score (nSPS) is 16.0. The molecule has 26 heavy (non-hydrogen) atoms. The van der Waals surface area contributed by atoms with Gasteiger partial charge in [-0.15, -0.1) is 0 Å². The number of benzene rings is 1. The van der Waals surface area contributed by atoms with Gasteiger partial charge in [-0.1, -0.05) is 17.7 Å². The molecule has 0 atom stereocenters. The third kappa shape index (κ3) is 4.66. The van der Waals surface area contributed by atoms with Gasteiger partial charge in [0.25, 0.3) is 0 Å². The first kappa shape index (κ1) is 18.9. The zero-order valence-electron chi connectivity index (χ0n) is 14.3. The Morgan fingerprint density at radius 2 is 1.85 bits per heavy atom. The first-order valence-corrected chi connectivity index (χ1v) is 10.5. The van der Waals surface area contributed by atoms with E-state index in [0.29, 0.717) is 24.2 Å². The predicted molar refractivity (Wildman–Crippen MR) is 101 cm³/mol. The van der Waals surface area contributed by atoms with E-state index in [1.807, 2.05) is 29.4 Å². The SMILES string of the molecule is O=C(CCNS(=O)(=O)c1cccc(Cl)c1)N1CCC(n2cccc2)CC1. The lowest BCUT2D eigenvalue weighted by Gasteiger charge is -2.32. The topological polar surface area (TPSA) is 71.4 Å². The molecule has 8 heteroatoms. The number of amides is 1. The molecule has 1 aromatic heterocycles. The molecule has 0 spiro atoms. The summed E-state index contributed by atoms with van der Waals surface area (Å²) in [4.78, 5) is 14.2. The number of hydrogen-bond acceptors (Lipinski definition) is 3. The summed E-state index contributed by atoms with van der Waals surface area (Å²) in [5.74, 6) is -0.0234. The highest BCUT2D eigenvalue weighted by molar-refractivity contribution is 7.89. The molecule has 6 nitrogen and oxygen atoms in total. The first-order valence-electron chi connectivity index (χ1n) is 8.61. The summed E-state index contributed by atoms with van der Waals surface area (Å²) >= 11 is 5.83. The lowest BCUT2D eigenvalue weighted by molar-refractivity contribution is -0.132. The number of carbonyl (C=O) groups excluding carboxylic acids is 1. The first-order chi connectivity index (χ1) is 12.5. The maximum Gasteiger partial charge on any atom is 0.240 e. The minimum atomic E-state index is -3.66. The van der Waals surface area contributed by atoms with E-state index in [0.717, 1.165) is 12.8 Å². The third-order valence-corrected chi connectivity index (χ3v) is 6.30. The molecule has 0 saturated carbocycles. The summed E-state index contributed by atoms with van der Waals surface area (Å²) in [6.45, 7) is 1.47. The van der Waals surface area contributed by atoms with Crippen LogP contribution in [0.25, 0.3) is 0 Å². The van der Waals surface area contributed by atoms with Crippen LogP contribution < -0.4 is 4.72 Å². The van der Waals surface area contributed by atoms with Crippen LogP contribution >= 0.6 is 11.6 Å². The summed E-state index contributed by atoms with van der Waals surface area (Å²) in [6.07, 6.45) is 6.07. The van der Waals surface area contributed by atoms with Gasteiger partial charge < -0.3 is 9.47 Å². The molecular weight excluding hydrogens is 374 g/mol. The number of nitrogens with one attached hydrogen (secondary N) is 1. The lowest BCUT2D eigenvalue weighted by atomic mass is 10.0. The van der Waals surface area contributed by atoms with Crippen LogP contribution in [0.15, 0.2) is 53.7 Å². The molecule has 1 amide bonds. The van der Waals surface area contributed by atoms with Gasteiger partial charge in [-0.25, -0.2) is 13.1 Å². The smallest absolute Gasteiger partial charge is 0.240 e. The molecule has 1 aliphatic heterocycles. The Bertz CT molecular complexity index is 844. The van der Waals surface area contributed by atoms with E-state index in [1.165, 1.54) is 12.1 Å². The molecule has 1 aliphatic rings. The fourth-order valence-electron chi connectivity index (χ4n) is 3.17. The van der Waals surface area contributed by atoms with Crippen molar-refractivity contribution in [3.63, 3.8) is 0 Å². The largest absolute Gasteiger partial charge is 0.351 e. The minimum Gasteiger partial charge on any atom is -0.351 e. The fourth-order valence-corrected chi connectivity index (χ4v) is 4.50. The average Bonchev–Trinajstić information content (AvgIpc) is 3.16. The second kappa shape index (κ2) is 8.24. The van der Waals surface area contributed by atoms with E-state index < -0.39 is 10.0 Å². The number of rotatable bonds is 6. The van der Waals surface area contributed by atoms with Crippen LogP contribution in [0.2, 0.25) is 5.02 Å². The van der Waals surface area contributed by atoms with Crippen molar-refractivity contribution in [2.75, 3.05) is 19.6 Å². The van der Waals surface area contributed by atoms with Crippen LogP contribution in [-0.2, 0) is 14.8 Å². The molecule has 2 heterocycles. The predicted octanol–water partition coefficient (Wildman–Crippen LogP) is 2.67. The van der Waals surface area contributed by atoms with Crippen molar-refractivity contribution in [2.45, 2.75) is 30.2 Å². The molecule has 0 radical (unpaired) electrons. The minimum absolute atomic E-state index is 0.0234. The molecule has 0 bridgehead atoms. The van der Waals surface area contributed by atoms with Crippen LogP contribution in [0.3, 0.4) is 0 Å². The molecule has 3 rings (SSSR count). The summed E-state index contributed by atoms with van der Waals surface area (Å²) in [5.41, 5.74) is 0. The molecule has 1 fully saturated rings. The molecule has 2 aromatic rings. The van der Waals surface area contributed by atoms with E-state index in [4.69, 9.17) is 11.6 Å². The van der Waals surface area contributed by atoms with Gasteiger partial charge >= 0.3 is 0 Å². The summed E-state index contributed by atoms with van der Waals surface area (Å²) < 4.78 is 29.1. The third-order valence-electron chi connectivity index (χ3n) is 4.60. The fraction of sp³-hybridized carbons (Fsp3) is 0.389. The Hall–Kier alpha value is -1.83. The van der Waals surface area contributed by atoms with Crippen LogP contribution in [0.4, 0.5) is 0 Å². The number of piperidine rings is 1. The monoisotopic (exact) mass is 395 g/mol. The van der Waals surface area contributed by atoms with Crippen molar-refractivity contribution >= 4 is 27.5 Å². The Kier molecular flexibility index (Phi) is 6.01. The Labute approximate surface area is 158 Å². The number of hydrogen-bond donors (Lipinski definition) is 1. The standard InChI is InChI=1S/C18H22ClN3O3S/c19-15-4-3-5-17(14-15)26(24,25)20-9-6-18(23)22-12-7-16(8-13-22)21-10-1-2-11-21/h1-5,10-11,14,16,20H,6-9,12-13H2. The molecule has 0 unspecified atom stereocenters. The highest BCUT2D eigenvalue weighted by Gasteiger charge is 2.23. The van der Waals surface area contributed by atoms with Crippen LogP contribution in [0, 0.1) is 0 Å². The Balaban J connectivity index is 1.46. The van der Waals surface area contributed by atoms with Crippen molar-refractivity contribution in [1.29, 1.82) is 0 Å². The van der Waals surface area contributed by atoms with Gasteiger partial charge in [-0.3, -0.25) is 4.79 Å². The van der Waals surface area contributed by atoms with Crippen molar-refractivity contribution in [3.8, 4) is 0 Å².